The van der Waals surface area contributed by atoms with Crippen LogP contribution in [-0.2, 0) is 24.2 Å². The topological polar surface area (TPSA) is 45.7 Å². The summed E-state index contributed by atoms with van der Waals surface area (Å²) in [6, 6.07) is 10.2. The molecule has 0 aliphatic carbocycles. The van der Waals surface area contributed by atoms with Crippen molar-refractivity contribution < 1.29 is 9.53 Å². The zero-order valence-electron chi connectivity index (χ0n) is 14.4. The van der Waals surface area contributed by atoms with Gasteiger partial charge in [0.05, 0.1) is 13.0 Å². The van der Waals surface area contributed by atoms with Crippen LogP contribution >= 0.6 is 0 Å². The molecule has 4 rings (SSSR count). The molecule has 0 atom stereocenters. The Hall–Kier alpha value is -2.40. The van der Waals surface area contributed by atoms with Crippen LogP contribution in [0.1, 0.15) is 16.7 Å². The van der Waals surface area contributed by atoms with Gasteiger partial charge in [-0.15, -0.1) is 0 Å². The Morgan fingerprint density at radius 1 is 1.12 bits per heavy atom. The van der Waals surface area contributed by atoms with Crippen LogP contribution in [0.4, 0.5) is 0 Å². The highest BCUT2D eigenvalue weighted by Crippen LogP contribution is 2.26. The second-order valence-electron chi connectivity index (χ2n) is 6.74. The molecule has 0 radical (unpaired) electrons. The molecule has 1 aromatic heterocycles. The molecule has 3 heterocycles. The van der Waals surface area contributed by atoms with Crippen LogP contribution in [0.5, 0.6) is 5.75 Å². The number of aromatic nitrogens is 1. The van der Waals surface area contributed by atoms with Gasteiger partial charge in [0.25, 0.3) is 0 Å². The summed E-state index contributed by atoms with van der Waals surface area (Å²) in [5.74, 6) is 1.19. The maximum Gasteiger partial charge on any atom is 0.227 e. The molecule has 0 spiro atoms. The van der Waals surface area contributed by atoms with E-state index in [4.69, 9.17) is 4.74 Å². The summed E-state index contributed by atoms with van der Waals surface area (Å²) < 4.78 is 5.53. The molecule has 2 aliphatic rings. The molecule has 0 saturated carbocycles. The number of carbonyl (C=O) groups is 1. The quantitative estimate of drug-likeness (QED) is 0.855. The number of piperazine rings is 1. The lowest BCUT2D eigenvalue weighted by atomic mass is 10.1. The van der Waals surface area contributed by atoms with Crippen molar-refractivity contribution in [2.75, 3.05) is 32.8 Å². The van der Waals surface area contributed by atoms with Crippen LogP contribution in [0, 0.1) is 0 Å². The van der Waals surface area contributed by atoms with Gasteiger partial charge in [-0.25, -0.2) is 0 Å². The Bertz CT molecular complexity index is 740. The fourth-order valence-electron chi connectivity index (χ4n) is 3.54. The summed E-state index contributed by atoms with van der Waals surface area (Å²) in [6.45, 7) is 5.09. The van der Waals surface area contributed by atoms with Crippen LogP contribution < -0.4 is 4.74 Å². The average Bonchev–Trinajstić information content (AvgIpc) is 3.11. The van der Waals surface area contributed by atoms with Gasteiger partial charge in [-0.2, -0.15) is 0 Å². The van der Waals surface area contributed by atoms with Crippen molar-refractivity contribution in [1.29, 1.82) is 0 Å². The largest absolute Gasteiger partial charge is 0.493 e. The number of pyridine rings is 1. The van der Waals surface area contributed by atoms with Gasteiger partial charge in [0.2, 0.25) is 5.91 Å². The molecule has 5 heteroatoms. The number of amides is 1. The molecular weight excluding hydrogens is 314 g/mol. The third kappa shape index (κ3) is 3.82. The number of benzene rings is 1. The summed E-state index contributed by atoms with van der Waals surface area (Å²) in [5, 5.41) is 0. The zero-order valence-corrected chi connectivity index (χ0v) is 14.4. The molecular formula is C20H23N3O2. The first kappa shape index (κ1) is 16.1. The maximum absolute atomic E-state index is 12.6. The van der Waals surface area contributed by atoms with E-state index in [1.54, 1.807) is 6.20 Å². The number of fused-ring (bicyclic) bond motifs is 1. The van der Waals surface area contributed by atoms with E-state index in [0.29, 0.717) is 6.42 Å². The molecule has 0 N–H and O–H groups in total. The van der Waals surface area contributed by atoms with E-state index in [1.165, 1.54) is 11.1 Å². The van der Waals surface area contributed by atoms with Crippen LogP contribution in [0.25, 0.3) is 0 Å². The van der Waals surface area contributed by atoms with Crippen molar-refractivity contribution in [3.8, 4) is 5.75 Å². The van der Waals surface area contributed by atoms with E-state index < -0.39 is 0 Å². The number of rotatable bonds is 4. The minimum absolute atomic E-state index is 0.222. The molecule has 0 bridgehead atoms. The molecule has 5 nitrogen and oxygen atoms in total. The Labute approximate surface area is 148 Å². The van der Waals surface area contributed by atoms with E-state index in [9.17, 15) is 4.79 Å². The normalized spacial score (nSPS) is 17.2. The Morgan fingerprint density at radius 3 is 2.80 bits per heavy atom. The molecule has 0 unspecified atom stereocenters. The van der Waals surface area contributed by atoms with Crippen molar-refractivity contribution in [1.82, 2.24) is 14.8 Å². The van der Waals surface area contributed by atoms with Gasteiger partial charge >= 0.3 is 0 Å². The molecule has 1 fully saturated rings. The van der Waals surface area contributed by atoms with Gasteiger partial charge in [-0.1, -0.05) is 18.2 Å². The van der Waals surface area contributed by atoms with Crippen LogP contribution in [-0.4, -0.2) is 53.5 Å². The fraction of sp³-hybridized carbons (Fsp3) is 0.400. The van der Waals surface area contributed by atoms with Crippen molar-refractivity contribution >= 4 is 5.91 Å². The number of carbonyl (C=O) groups excluding carboxylic acids is 1. The smallest absolute Gasteiger partial charge is 0.227 e. The van der Waals surface area contributed by atoms with E-state index >= 15 is 0 Å². The summed E-state index contributed by atoms with van der Waals surface area (Å²) >= 11 is 0. The highest BCUT2D eigenvalue weighted by Gasteiger charge is 2.22. The van der Waals surface area contributed by atoms with Crippen LogP contribution in [0.15, 0.2) is 42.7 Å². The highest BCUT2D eigenvalue weighted by atomic mass is 16.5. The summed E-state index contributed by atoms with van der Waals surface area (Å²) in [5.41, 5.74) is 3.54. The number of ether oxygens (including phenoxy) is 1. The predicted octanol–water partition coefficient (Wildman–Crippen LogP) is 1.90. The molecule has 1 amide bonds. The average molecular weight is 337 g/mol. The SMILES string of the molecule is O=C(Cc1ccc2c(c1)CCO2)N1CCN(Cc2cccnc2)CC1. The predicted molar refractivity (Wildman–Crippen MR) is 95.4 cm³/mol. The van der Waals surface area contributed by atoms with Gasteiger partial charge < -0.3 is 9.64 Å². The standard InChI is InChI=1S/C20H23N3O2/c24-20(13-16-3-4-19-18(12-16)5-11-25-19)23-9-7-22(8-10-23)15-17-2-1-6-21-14-17/h1-4,6,12,14H,5,7-11,13,15H2. The lowest BCUT2D eigenvalue weighted by molar-refractivity contribution is -0.132. The molecule has 2 aromatic rings. The first-order valence-corrected chi connectivity index (χ1v) is 8.91. The first-order chi connectivity index (χ1) is 12.3. The zero-order chi connectivity index (χ0) is 17.1. The Morgan fingerprint density at radius 2 is 2.00 bits per heavy atom. The minimum Gasteiger partial charge on any atom is -0.493 e. The van der Waals surface area contributed by atoms with E-state index in [2.05, 4.69) is 22.0 Å². The highest BCUT2D eigenvalue weighted by molar-refractivity contribution is 5.79. The molecule has 1 aromatic carbocycles. The van der Waals surface area contributed by atoms with Gasteiger partial charge in [0.1, 0.15) is 5.75 Å². The van der Waals surface area contributed by atoms with Gasteiger partial charge in [0, 0.05) is 51.5 Å². The van der Waals surface area contributed by atoms with Crippen molar-refractivity contribution in [2.45, 2.75) is 19.4 Å². The second-order valence-corrected chi connectivity index (χ2v) is 6.74. The third-order valence-electron chi connectivity index (χ3n) is 4.96. The lowest BCUT2D eigenvalue weighted by Crippen LogP contribution is -2.48. The fourth-order valence-corrected chi connectivity index (χ4v) is 3.54. The van der Waals surface area contributed by atoms with E-state index in [0.717, 1.165) is 57.1 Å². The Balaban J connectivity index is 1.29. The van der Waals surface area contributed by atoms with Crippen LogP contribution in [0.3, 0.4) is 0 Å². The molecule has 130 valence electrons. The number of hydrogen-bond donors (Lipinski definition) is 0. The van der Waals surface area contributed by atoms with Gasteiger partial charge in [-0.05, 0) is 28.8 Å². The third-order valence-corrected chi connectivity index (χ3v) is 4.96. The van der Waals surface area contributed by atoms with Crippen LogP contribution in [0.2, 0.25) is 0 Å². The summed E-state index contributed by atoms with van der Waals surface area (Å²) in [4.78, 5) is 21.1. The minimum atomic E-state index is 0.222. The van der Waals surface area contributed by atoms with Gasteiger partial charge in [-0.3, -0.25) is 14.7 Å². The maximum atomic E-state index is 12.6. The van der Waals surface area contributed by atoms with Crippen molar-refractivity contribution in [2.24, 2.45) is 0 Å². The van der Waals surface area contributed by atoms with E-state index in [1.807, 2.05) is 29.3 Å². The monoisotopic (exact) mass is 337 g/mol. The van der Waals surface area contributed by atoms with Gasteiger partial charge in [0.15, 0.2) is 0 Å². The summed E-state index contributed by atoms with van der Waals surface area (Å²) in [6.07, 6.45) is 5.14. The molecule has 1 saturated heterocycles. The van der Waals surface area contributed by atoms with E-state index in [-0.39, 0.29) is 5.91 Å². The Kier molecular flexibility index (Phi) is 4.65. The first-order valence-electron chi connectivity index (χ1n) is 8.91. The number of nitrogens with zero attached hydrogens (tertiary/aromatic N) is 3. The molecule has 2 aliphatic heterocycles. The lowest BCUT2D eigenvalue weighted by Gasteiger charge is -2.34. The second kappa shape index (κ2) is 7.23. The summed E-state index contributed by atoms with van der Waals surface area (Å²) in [7, 11) is 0. The van der Waals surface area contributed by atoms with Crippen molar-refractivity contribution in [3.63, 3.8) is 0 Å². The molecule has 25 heavy (non-hydrogen) atoms. The van der Waals surface area contributed by atoms with Crippen molar-refractivity contribution in [3.05, 3.63) is 59.4 Å². The number of hydrogen-bond acceptors (Lipinski definition) is 4.